The Labute approximate surface area is 205 Å². The van der Waals surface area contributed by atoms with Gasteiger partial charge in [0.25, 0.3) is 11.7 Å². The number of amides is 1. The van der Waals surface area contributed by atoms with E-state index in [1.54, 1.807) is 36.5 Å². The molecule has 4 rings (SSSR count). The number of ketones is 1. The number of ether oxygens (including phenoxy) is 1. The van der Waals surface area contributed by atoms with Crippen molar-refractivity contribution in [1.82, 2.24) is 9.88 Å². The molecule has 1 aromatic heterocycles. The number of unbranched alkanes of at least 4 members (excludes halogenated alkanes) is 2. The van der Waals surface area contributed by atoms with Crippen molar-refractivity contribution in [2.45, 2.75) is 45.7 Å². The highest BCUT2D eigenvalue weighted by Gasteiger charge is 2.46. The number of carbonyl (C=O) groups is 2. The van der Waals surface area contributed by atoms with E-state index in [0.717, 1.165) is 30.4 Å². The minimum absolute atomic E-state index is 0.0804. The molecule has 6 nitrogen and oxygen atoms in total. The van der Waals surface area contributed by atoms with E-state index in [1.807, 2.05) is 43.3 Å². The summed E-state index contributed by atoms with van der Waals surface area (Å²) in [7, 11) is 0. The Bertz CT molecular complexity index is 1220. The van der Waals surface area contributed by atoms with Gasteiger partial charge < -0.3 is 14.7 Å². The number of hydrogen-bond acceptors (Lipinski definition) is 5. The first-order chi connectivity index (χ1) is 17.0. The van der Waals surface area contributed by atoms with Crippen molar-refractivity contribution in [1.29, 1.82) is 0 Å². The van der Waals surface area contributed by atoms with Gasteiger partial charge in [-0.15, -0.1) is 0 Å². The molecule has 2 heterocycles. The van der Waals surface area contributed by atoms with Crippen LogP contribution >= 0.6 is 0 Å². The third-order valence-electron chi connectivity index (χ3n) is 6.23. The Balaban J connectivity index is 1.71. The zero-order chi connectivity index (χ0) is 24.8. The number of aromatic nitrogens is 1. The van der Waals surface area contributed by atoms with Crippen LogP contribution in [-0.2, 0) is 16.1 Å². The second kappa shape index (κ2) is 11.0. The van der Waals surface area contributed by atoms with Gasteiger partial charge >= 0.3 is 0 Å². The average Bonchev–Trinajstić information content (AvgIpc) is 3.12. The maximum absolute atomic E-state index is 13.2. The molecule has 0 radical (unpaired) electrons. The summed E-state index contributed by atoms with van der Waals surface area (Å²) in [5.74, 6) is -0.853. The first kappa shape index (κ1) is 24.2. The van der Waals surface area contributed by atoms with Crippen LogP contribution < -0.4 is 4.74 Å². The highest BCUT2D eigenvalue weighted by molar-refractivity contribution is 6.46. The Hall–Kier alpha value is -3.93. The summed E-state index contributed by atoms with van der Waals surface area (Å²) in [6.07, 6.45) is 4.86. The third-order valence-corrected chi connectivity index (χ3v) is 6.23. The lowest BCUT2D eigenvalue weighted by atomic mass is 9.92. The van der Waals surface area contributed by atoms with E-state index in [9.17, 15) is 14.7 Å². The van der Waals surface area contributed by atoms with Gasteiger partial charge in [-0.3, -0.25) is 14.6 Å². The number of hydrogen-bond donors (Lipinski definition) is 1. The van der Waals surface area contributed by atoms with Gasteiger partial charge in [-0.2, -0.15) is 0 Å². The van der Waals surface area contributed by atoms with Gasteiger partial charge in [0.15, 0.2) is 0 Å². The van der Waals surface area contributed by atoms with Crippen molar-refractivity contribution in [3.8, 4) is 5.75 Å². The SMILES string of the molecule is CCCCCOc1ccc(/C(O)=C2\C(=O)C(=O)N(Cc3ccccn3)C2c2ccccc2C)cc1. The van der Waals surface area contributed by atoms with Crippen LogP contribution in [0.3, 0.4) is 0 Å². The van der Waals surface area contributed by atoms with Crippen LogP contribution in [0.1, 0.15) is 54.6 Å². The fraction of sp³-hybridized carbons (Fsp3) is 0.276. The van der Waals surface area contributed by atoms with E-state index in [4.69, 9.17) is 4.74 Å². The van der Waals surface area contributed by atoms with Crippen molar-refractivity contribution in [3.63, 3.8) is 0 Å². The Kier molecular flexibility index (Phi) is 7.60. The number of pyridine rings is 1. The molecule has 3 aromatic rings. The zero-order valence-corrected chi connectivity index (χ0v) is 20.1. The summed E-state index contributed by atoms with van der Waals surface area (Å²) >= 11 is 0. The van der Waals surface area contributed by atoms with Crippen molar-refractivity contribution in [3.05, 3.63) is 101 Å². The molecule has 1 saturated heterocycles. The summed E-state index contributed by atoms with van der Waals surface area (Å²) in [4.78, 5) is 32.2. The molecule has 1 unspecified atom stereocenters. The number of carbonyl (C=O) groups excluding carboxylic acids is 2. The molecule has 0 spiro atoms. The molecule has 1 N–H and O–H groups in total. The van der Waals surface area contributed by atoms with Gasteiger partial charge in [-0.05, 0) is 60.9 Å². The Morgan fingerprint density at radius 1 is 1.00 bits per heavy atom. The second-order valence-corrected chi connectivity index (χ2v) is 8.68. The van der Waals surface area contributed by atoms with Crippen LogP contribution in [0.5, 0.6) is 5.75 Å². The summed E-state index contributed by atoms with van der Waals surface area (Å²) in [6, 6.07) is 19.3. The lowest BCUT2D eigenvalue weighted by Gasteiger charge is -2.26. The molecule has 2 aromatic carbocycles. The molecule has 1 amide bonds. The Morgan fingerprint density at radius 2 is 1.74 bits per heavy atom. The minimum atomic E-state index is -0.719. The van der Waals surface area contributed by atoms with Crippen LogP contribution in [0.2, 0.25) is 0 Å². The van der Waals surface area contributed by atoms with Gasteiger partial charge in [0.1, 0.15) is 11.5 Å². The van der Waals surface area contributed by atoms with Gasteiger partial charge in [0, 0.05) is 11.8 Å². The minimum Gasteiger partial charge on any atom is -0.507 e. The lowest BCUT2D eigenvalue weighted by Crippen LogP contribution is -2.29. The number of aliphatic hydroxyl groups is 1. The smallest absolute Gasteiger partial charge is 0.296 e. The zero-order valence-electron chi connectivity index (χ0n) is 20.1. The van der Waals surface area contributed by atoms with Crippen LogP contribution in [0.4, 0.5) is 0 Å². The van der Waals surface area contributed by atoms with Crippen molar-refractivity contribution in [2.24, 2.45) is 0 Å². The molecule has 1 aliphatic rings. The van der Waals surface area contributed by atoms with E-state index < -0.39 is 17.7 Å². The fourth-order valence-electron chi connectivity index (χ4n) is 4.33. The molecular weight excluding hydrogens is 440 g/mol. The van der Waals surface area contributed by atoms with Crippen molar-refractivity contribution < 1.29 is 19.4 Å². The lowest BCUT2D eigenvalue weighted by molar-refractivity contribution is -0.140. The molecule has 0 aliphatic carbocycles. The Morgan fingerprint density at radius 3 is 2.43 bits per heavy atom. The van der Waals surface area contributed by atoms with E-state index in [0.29, 0.717) is 23.6 Å². The van der Waals surface area contributed by atoms with Crippen LogP contribution in [0, 0.1) is 6.92 Å². The summed E-state index contributed by atoms with van der Waals surface area (Å²) < 4.78 is 5.76. The number of likely N-dealkylation sites (tertiary alicyclic amines) is 1. The maximum atomic E-state index is 13.2. The number of nitrogens with zero attached hydrogens (tertiary/aromatic N) is 2. The van der Waals surface area contributed by atoms with Gasteiger partial charge in [-0.25, -0.2) is 0 Å². The number of aliphatic hydroxyl groups excluding tert-OH is 1. The molecule has 1 aliphatic heterocycles. The number of benzene rings is 2. The van der Waals surface area contributed by atoms with E-state index in [-0.39, 0.29) is 17.9 Å². The highest BCUT2D eigenvalue weighted by Crippen LogP contribution is 2.41. The van der Waals surface area contributed by atoms with Gasteiger partial charge in [0.05, 0.1) is 30.5 Å². The monoisotopic (exact) mass is 470 g/mol. The molecule has 1 atom stereocenters. The number of rotatable bonds is 9. The largest absolute Gasteiger partial charge is 0.507 e. The van der Waals surface area contributed by atoms with E-state index in [2.05, 4.69) is 11.9 Å². The summed E-state index contributed by atoms with van der Waals surface area (Å²) in [6.45, 7) is 4.86. The molecule has 180 valence electrons. The van der Waals surface area contributed by atoms with Gasteiger partial charge in [-0.1, -0.05) is 50.1 Å². The first-order valence-electron chi connectivity index (χ1n) is 12.0. The molecule has 0 bridgehead atoms. The van der Waals surface area contributed by atoms with Crippen molar-refractivity contribution in [2.75, 3.05) is 6.61 Å². The van der Waals surface area contributed by atoms with Crippen LogP contribution in [0.15, 0.2) is 78.5 Å². The van der Waals surface area contributed by atoms with Crippen LogP contribution in [0.25, 0.3) is 5.76 Å². The molecule has 35 heavy (non-hydrogen) atoms. The standard InChI is InChI=1S/C29H30N2O4/c1-3-4-9-18-35-23-15-13-21(14-16-23)27(32)25-26(24-12-6-5-10-20(24)2)31(29(34)28(25)33)19-22-11-7-8-17-30-22/h5-8,10-17,26,32H,3-4,9,18-19H2,1-2H3/b27-25+. The first-order valence-corrected chi connectivity index (χ1v) is 12.0. The predicted molar refractivity (Wildman–Crippen MR) is 135 cm³/mol. The number of aryl methyl sites for hydroxylation is 1. The third kappa shape index (κ3) is 5.27. The summed E-state index contributed by atoms with van der Waals surface area (Å²) in [5, 5.41) is 11.3. The van der Waals surface area contributed by atoms with E-state index in [1.165, 1.54) is 4.90 Å². The molecular formula is C29H30N2O4. The number of Topliss-reactive ketones (excluding diaryl/α,β-unsaturated/α-hetero) is 1. The maximum Gasteiger partial charge on any atom is 0.296 e. The van der Waals surface area contributed by atoms with Gasteiger partial charge in [0.2, 0.25) is 0 Å². The molecule has 6 heteroatoms. The quantitative estimate of drug-likeness (QED) is 0.191. The second-order valence-electron chi connectivity index (χ2n) is 8.68. The predicted octanol–water partition coefficient (Wildman–Crippen LogP) is 5.58. The summed E-state index contributed by atoms with van der Waals surface area (Å²) in [5.41, 5.74) is 2.92. The van der Waals surface area contributed by atoms with Crippen LogP contribution in [-0.4, -0.2) is 33.3 Å². The molecule has 0 saturated carbocycles. The fourth-order valence-corrected chi connectivity index (χ4v) is 4.33. The van der Waals surface area contributed by atoms with E-state index >= 15 is 0 Å². The topological polar surface area (TPSA) is 79.7 Å². The highest BCUT2D eigenvalue weighted by atomic mass is 16.5. The average molecular weight is 471 g/mol. The normalized spacial score (nSPS) is 17.1. The molecule has 1 fully saturated rings. The van der Waals surface area contributed by atoms with Crippen molar-refractivity contribution >= 4 is 17.4 Å².